The highest BCUT2D eigenvalue weighted by Crippen LogP contribution is 2.29. The van der Waals surface area contributed by atoms with Crippen LogP contribution in [0.25, 0.3) is 0 Å². The van der Waals surface area contributed by atoms with E-state index in [1.807, 2.05) is 71.4 Å². The molecule has 3 rings (SSSR count). The first-order valence-corrected chi connectivity index (χ1v) is 11.1. The zero-order valence-corrected chi connectivity index (χ0v) is 18.1. The van der Waals surface area contributed by atoms with Gasteiger partial charge in [-0.2, -0.15) is 0 Å². The van der Waals surface area contributed by atoms with Crippen LogP contribution in [-0.4, -0.2) is 43.4 Å². The summed E-state index contributed by atoms with van der Waals surface area (Å²) in [5.41, 5.74) is 2.63. The Morgan fingerprint density at radius 1 is 1.00 bits per heavy atom. The van der Waals surface area contributed by atoms with Gasteiger partial charge in [-0.15, -0.1) is 0 Å². The number of rotatable bonds is 8. The van der Waals surface area contributed by atoms with Crippen molar-refractivity contribution >= 4 is 23.2 Å². The summed E-state index contributed by atoms with van der Waals surface area (Å²) in [4.78, 5) is 29.6. The highest BCUT2D eigenvalue weighted by molar-refractivity contribution is 6.00. The molecule has 1 aliphatic rings. The summed E-state index contributed by atoms with van der Waals surface area (Å²) in [6.45, 7) is 4.15. The highest BCUT2D eigenvalue weighted by Gasteiger charge is 2.29. The largest absolute Gasteiger partial charge is 0.356 e. The summed E-state index contributed by atoms with van der Waals surface area (Å²) in [6.07, 6.45) is 4.77. The molecule has 0 aromatic heterocycles. The monoisotopic (exact) mass is 407 g/mol. The Bertz CT molecular complexity index is 829. The van der Waals surface area contributed by atoms with Crippen LogP contribution < -0.4 is 10.2 Å². The van der Waals surface area contributed by atoms with Gasteiger partial charge in [-0.1, -0.05) is 50.1 Å². The average Bonchev–Trinajstić information content (AvgIpc) is 2.81. The van der Waals surface area contributed by atoms with Gasteiger partial charge >= 0.3 is 0 Å². The van der Waals surface area contributed by atoms with E-state index >= 15 is 0 Å². The number of nitrogens with one attached hydrogen (secondary N) is 1. The van der Waals surface area contributed by atoms with Crippen molar-refractivity contribution in [1.82, 2.24) is 10.2 Å². The van der Waals surface area contributed by atoms with Gasteiger partial charge in [-0.05, 0) is 43.5 Å². The maximum Gasteiger partial charge on any atom is 0.255 e. The minimum absolute atomic E-state index is 0.0120. The molecule has 160 valence electrons. The van der Waals surface area contributed by atoms with Gasteiger partial charge in [-0.25, -0.2) is 0 Å². The van der Waals surface area contributed by atoms with Crippen LogP contribution in [-0.2, 0) is 4.79 Å². The number of unbranched alkanes of at least 4 members (excludes halogenated alkanes) is 2. The first-order valence-electron chi connectivity index (χ1n) is 11.1. The van der Waals surface area contributed by atoms with E-state index in [2.05, 4.69) is 12.2 Å². The smallest absolute Gasteiger partial charge is 0.255 e. The number of piperidine rings is 1. The molecule has 0 atom stereocenters. The van der Waals surface area contributed by atoms with Gasteiger partial charge in [0.1, 0.15) is 0 Å². The summed E-state index contributed by atoms with van der Waals surface area (Å²) in [5, 5.41) is 3.06. The fourth-order valence-corrected chi connectivity index (χ4v) is 3.98. The number of carbonyl (C=O) groups is 2. The average molecular weight is 408 g/mol. The van der Waals surface area contributed by atoms with E-state index in [4.69, 9.17) is 0 Å². The summed E-state index contributed by atoms with van der Waals surface area (Å²) < 4.78 is 0. The Labute approximate surface area is 180 Å². The first-order chi connectivity index (χ1) is 14.6. The molecule has 0 unspecified atom stereocenters. The Morgan fingerprint density at radius 2 is 1.67 bits per heavy atom. The third-order valence-electron chi connectivity index (χ3n) is 5.87. The molecule has 30 heavy (non-hydrogen) atoms. The van der Waals surface area contributed by atoms with Gasteiger partial charge in [0.25, 0.3) is 5.91 Å². The van der Waals surface area contributed by atoms with E-state index in [0.29, 0.717) is 18.7 Å². The summed E-state index contributed by atoms with van der Waals surface area (Å²) in [6, 6.07) is 17.8. The first kappa shape index (κ1) is 21.9. The maximum atomic E-state index is 13.3. The summed E-state index contributed by atoms with van der Waals surface area (Å²) >= 11 is 0. The second-order valence-corrected chi connectivity index (χ2v) is 7.98. The molecule has 0 saturated carbocycles. The molecule has 5 nitrogen and oxygen atoms in total. The Balaban J connectivity index is 1.61. The summed E-state index contributed by atoms with van der Waals surface area (Å²) in [7, 11) is 1.98. The van der Waals surface area contributed by atoms with Gasteiger partial charge in [-0.3, -0.25) is 9.59 Å². The van der Waals surface area contributed by atoms with E-state index in [-0.39, 0.29) is 17.7 Å². The Morgan fingerprint density at radius 3 is 2.37 bits per heavy atom. The molecule has 1 fully saturated rings. The molecule has 0 bridgehead atoms. The molecule has 0 aliphatic carbocycles. The van der Waals surface area contributed by atoms with Gasteiger partial charge in [0.2, 0.25) is 5.91 Å². The molecule has 0 spiro atoms. The fraction of sp³-hybridized carbons (Fsp3) is 0.440. The molecule has 5 heteroatoms. The lowest BCUT2D eigenvalue weighted by molar-refractivity contribution is -0.126. The van der Waals surface area contributed by atoms with Crippen molar-refractivity contribution in [2.45, 2.75) is 39.0 Å². The van der Waals surface area contributed by atoms with Crippen LogP contribution in [0, 0.1) is 5.92 Å². The number of carbonyl (C=O) groups excluding carboxylic acids is 2. The topological polar surface area (TPSA) is 52.7 Å². The normalized spacial score (nSPS) is 14.4. The second kappa shape index (κ2) is 10.8. The van der Waals surface area contributed by atoms with Crippen LogP contribution >= 0.6 is 0 Å². The van der Waals surface area contributed by atoms with Crippen molar-refractivity contribution in [3.05, 3.63) is 60.2 Å². The number of hydrogen-bond donors (Lipinski definition) is 1. The lowest BCUT2D eigenvalue weighted by Gasteiger charge is -2.32. The van der Waals surface area contributed by atoms with Crippen molar-refractivity contribution < 1.29 is 9.59 Å². The van der Waals surface area contributed by atoms with Crippen LogP contribution in [0.2, 0.25) is 0 Å². The predicted octanol–water partition coefficient (Wildman–Crippen LogP) is 4.61. The third-order valence-corrected chi connectivity index (χ3v) is 5.87. The second-order valence-electron chi connectivity index (χ2n) is 7.98. The van der Waals surface area contributed by atoms with E-state index < -0.39 is 0 Å². The number of anilines is 2. The van der Waals surface area contributed by atoms with Crippen molar-refractivity contribution in [3.8, 4) is 0 Å². The van der Waals surface area contributed by atoms with Crippen LogP contribution in [0.5, 0.6) is 0 Å². The number of benzene rings is 2. The minimum Gasteiger partial charge on any atom is -0.356 e. The maximum absolute atomic E-state index is 13.3. The number of nitrogens with zero attached hydrogens (tertiary/aromatic N) is 2. The zero-order chi connectivity index (χ0) is 21.3. The number of amides is 2. The number of para-hydroxylation sites is 2. The van der Waals surface area contributed by atoms with Crippen LogP contribution in [0.15, 0.2) is 54.6 Å². The SMILES string of the molecule is CCCCCNC(=O)C1CCN(C(=O)c2ccccc2N(C)c2ccccc2)CC1. The minimum atomic E-state index is 0.0120. The standard InChI is InChI=1S/C25H33N3O2/c1-3-4-10-17-26-24(29)20-15-18-28(19-16-20)25(30)22-13-8-9-14-23(22)27(2)21-11-6-5-7-12-21/h5-9,11-14,20H,3-4,10,15-19H2,1-2H3,(H,26,29). The molecule has 2 aromatic rings. The molecule has 2 aromatic carbocycles. The van der Waals surface area contributed by atoms with Crippen LogP contribution in [0.1, 0.15) is 49.4 Å². The molecular weight excluding hydrogens is 374 g/mol. The lowest BCUT2D eigenvalue weighted by atomic mass is 9.95. The molecule has 2 amide bonds. The lowest BCUT2D eigenvalue weighted by Crippen LogP contribution is -2.43. The molecular formula is C25H33N3O2. The number of likely N-dealkylation sites (tertiary alicyclic amines) is 1. The third kappa shape index (κ3) is 5.41. The molecule has 1 heterocycles. The van der Waals surface area contributed by atoms with Gasteiger partial charge in [0.05, 0.1) is 11.3 Å². The van der Waals surface area contributed by atoms with Gasteiger partial charge in [0.15, 0.2) is 0 Å². The Hall–Kier alpha value is -2.82. The molecule has 1 saturated heterocycles. The van der Waals surface area contributed by atoms with E-state index in [1.165, 1.54) is 0 Å². The van der Waals surface area contributed by atoms with Gasteiger partial charge in [0, 0.05) is 38.3 Å². The predicted molar refractivity (Wildman–Crippen MR) is 122 cm³/mol. The fourth-order valence-electron chi connectivity index (χ4n) is 3.98. The van der Waals surface area contributed by atoms with Crippen molar-refractivity contribution in [3.63, 3.8) is 0 Å². The van der Waals surface area contributed by atoms with Crippen LogP contribution in [0.4, 0.5) is 11.4 Å². The van der Waals surface area contributed by atoms with Gasteiger partial charge < -0.3 is 15.1 Å². The van der Waals surface area contributed by atoms with E-state index in [1.54, 1.807) is 0 Å². The van der Waals surface area contributed by atoms with Crippen molar-refractivity contribution in [2.24, 2.45) is 5.92 Å². The summed E-state index contributed by atoms with van der Waals surface area (Å²) in [5.74, 6) is 0.190. The molecule has 0 radical (unpaired) electrons. The molecule has 1 N–H and O–H groups in total. The van der Waals surface area contributed by atoms with Crippen LogP contribution in [0.3, 0.4) is 0 Å². The van der Waals surface area contributed by atoms with E-state index in [0.717, 1.165) is 50.0 Å². The highest BCUT2D eigenvalue weighted by atomic mass is 16.2. The quantitative estimate of drug-likeness (QED) is 0.650. The Kier molecular flexibility index (Phi) is 7.89. The van der Waals surface area contributed by atoms with E-state index in [9.17, 15) is 9.59 Å². The zero-order valence-electron chi connectivity index (χ0n) is 18.1. The van der Waals surface area contributed by atoms with Crippen molar-refractivity contribution in [2.75, 3.05) is 31.6 Å². The van der Waals surface area contributed by atoms with Crippen molar-refractivity contribution in [1.29, 1.82) is 0 Å². The number of hydrogen-bond acceptors (Lipinski definition) is 3. The molecule has 1 aliphatic heterocycles.